The standard InChI is InChI=1S/C17H13ClN2O5/c1-23-12-6-7-13(14(21)8-12)17(22)24-9-15-19-20-16(25-15)10-2-4-11(18)5-3-10/h2-8,21H,9H2,1H3. The number of aromatic nitrogens is 2. The lowest BCUT2D eigenvalue weighted by atomic mass is 10.2. The van der Waals surface area contributed by atoms with Gasteiger partial charge in [0.05, 0.1) is 7.11 Å². The van der Waals surface area contributed by atoms with Crippen LogP contribution in [-0.4, -0.2) is 28.4 Å². The van der Waals surface area contributed by atoms with E-state index in [4.69, 9.17) is 25.5 Å². The number of methoxy groups -OCH3 is 1. The van der Waals surface area contributed by atoms with Crippen molar-refractivity contribution in [2.75, 3.05) is 7.11 Å². The van der Waals surface area contributed by atoms with Crippen LogP contribution < -0.4 is 4.74 Å². The van der Waals surface area contributed by atoms with Gasteiger partial charge >= 0.3 is 5.97 Å². The van der Waals surface area contributed by atoms with Crippen molar-refractivity contribution < 1.29 is 23.8 Å². The summed E-state index contributed by atoms with van der Waals surface area (Å²) in [6.45, 7) is -0.217. The fourth-order valence-corrected chi connectivity index (χ4v) is 2.16. The number of rotatable bonds is 5. The number of ether oxygens (including phenoxy) is 2. The first-order valence-corrected chi connectivity index (χ1v) is 7.57. The number of benzene rings is 2. The molecule has 0 aliphatic carbocycles. The van der Waals surface area contributed by atoms with Crippen molar-refractivity contribution in [1.29, 1.82) is 0 Å². The topological polar surface area (TPSA) is 94.7 Å². The highest BCUT2D eigenvalue weighted by Crippen LogP contribution is 2.25. The molecular weight excluding hydrogens is 348 g/mol. The highest BCUT2D eigenvalue weighted by molar-refractivity contribution is 6.30. The molecule has 0 spiro atoms. The van der Waals surface area contributed by atoms with Crippen LogP contribution in [0.15, 0.2) is 46.9 Å². The number of hydrogen-bond acceptors (Lipinski definition) is 7. The fraction of sp³-hybridized carbons (Fsp3) is 0.118. The molecule has 2 aromatic carbocycles. The Hall–Kier alpha value is -3.06. The van der Waals surface area contributed by atoms with Crippen LogP contribution in [0.2, 0.25) is 5.02 Å². The first-order chi connectivity index (χ1) is 12.1. The van der Waals surface area contributed by atoms with Crippen molar-refractivity contribution in [3.63, 3.8) is 0 Å². The Morgan fingerprint density at radius 3 is 2.64 bits per heavy atom. The summed E-state index contributed by atoms with van der Waals surface area (Å²) in [6, 6.07) is 11.1. The molecule has 1 N–H and O–H groups in total. The van der Waals surface area contributed by atoms with Crippen LogP contribution in [0.4, 0.5) is 0 Å². The minimum atomic E-state index is -0.716. The average Bonchev–Trinajstić information content (AvgIpc) is 3.09. The normalized spacial score (nSPS) is 10.5. The van der Waals surface area contributed by atoms with Gasteiger partial charge in [-0.25, -0.2) is 4.79 Å². The summed E-state index contributed by atoms with van der Waals surface area (Å²) < 4.78 is 15.5. The second-order valence-electron chi connectivity index (χ2n) is 4.97. The Morgan fingerprint density at radius 2 is 1.96 bits per heavy atom. The van der Waals surface area contributed by atoms with Crippen LogP contribution in [0, 0.1) is 0 Å². The van der Waals surface area contributed by atoms with Crippen LogP contribution in [0.3, 0.4) is 0 Å². The number of aromatic hydroxyl groups is 1. The van der Waals surface area contributed by atoms with Crippen LogP contribution in [0.5, 0.6) is 11.5 Å². The molecule has 0 aliphatic rings. The zero-order valence-corrected chi connectivity index (χ0v) is 13.9. The molecule has 1 aromatic heterocycles. The van der Waals surface area contributed by atoms with E-state index in [9.17, 15) is 9.90 Å². The Balaban J connectivity index is 1.66. The quantitative estimate of drug-likeness (QED) is 0.696. The lowest BCUT2D eigenvalue weighted by Crippen LogP contribution is -2.06. The lowest BCUT2D eigenvalue weighted by molar-refractivity contribution is 0.0435. The van der Waals surface area contributed by atoms with Gasteiger partial charge in [0.15, 0.2) is 6.61 Å². The Bertz CT molecular complexity index is 892. The molecule has 3 aromatic rings. The molecule has 7 nitrogen and oxygen atoms in total. The van der Waals surface area contributed by atoms with Crippen molar-refractivity contribution in [1.82, 2.24) is 10.2 Å². The molecular formula is C17H13ClN2O5. The van der Waals surface area contributed by atoms with Crippen LogP contribution in [0.1, 0.15) is 16.2 Å². The van der Waals surface area contributed by atoms with Crippen LogP contribution in [0.25, 0.3) is 11.5 Å². The molecule has 128 valence electrons. The van der Waals surface area contributed by atoms with Gasteiger partial charge in [-0.15, -0.1) is 10.2 Å². The molecule has 1 heterocycles. The first kappa shape index (κ1) is 16.8. The fourth-order valence-electron chi connectivity index (χ4n) is 2.04. The highest BCUT2D eigenvalue weighted by Gasteiger charge is 2.16. The van der Waals surface area contributed by atoms with Gasteiger partial charge < -0.3 is 19.0 Å². The number of nitrogens with zero attached hydrogens (tertiary/aromatic N) is 2. The van der Waals surface area contributed by atoms with Gasteiger partial charge in [0.2, 0.25) is 5.89 Å². The third-order valence-electron chi connectivity index (χ3n) is 3.31. The maximum Gasteiger partial charge on any atom is 0.342 e. The highest BCUT2D eigenvalue weighted by atomic mass is 35.5. The van der Waals surface area contributed by atoms with E-state index in [2.05, 4.69) is 10.2 Å². The molecule has 0 bridgehead atoms. The summed E-state index contributed by atoms with van der Waals surface area (Å²) in [7, 11) is 1.46. The molecule has 0 saturated carbocycles. The van der Waals surface area contributed by atoms with E-state index < -0.39 is 5.97 Å². The third kappa shape index (κ3) is 3.89. The van der Waals surface area contributed by atoms with E-state index in [0.29, 0.717) is 16.3 Å². The van der Waals surface area contributed by atoms with E-state index in [0.717, 1.165) is 0 Å². The number of carbonyl (C=O) groups is 1. The van der Waals surface area contributed by atoms with Gasteiger partial charge in [-0.2, -0.15) is 0 Å². The van der Waals surface area contributed by atoms with Gasteiger partial charge in [-0.05, 0) is 36.4 Å². The molecule has 0 fully saturated rings. The molecule has 0 amide bonds. The summed E-state index contributed by atoms with van der Waals surface area (Å²) in [4.78, 5) is 12.0. The number of esters is 1. The SMILES string of the molecule is COc1ccc(C(=O)OCc2nnc(-c3ccc(Cl)cc3)o2)c(O)c1. The molecule has 0 aliphatic heterocycles. The predicted octanol–water partition coefficient (Wildman–Crippen LogP) is 3.46. The van der Waals surface area contributed by atoms with E-state index in [1.807, 2.05) is 0 Å². The minimum Gasteiger partial charge on any atom is -0.507 e. The minimum absolute atomic E-state index is 0.0123. The van der Waals surface area contributed by atoms with Crippen LogP contribution >= 0.6 is 11.6 Å². The van der Waals surface area contributed by atoms with E-state index in [1.54, 1.807) is 30.3 Å². The Kier molecular flexibility index (Phi) is 4.85. The number of phenols is 1. The molecule has 0 radical (unpaired) electrons. The molecule has 0 atom stereocenters. The smallest absolute Gasteiger partial charge is 0.342 e. The molecule has 3 rings (SSSR count). The van der Waals surface area contributed by atoms with Gasteiger partial charge in [-0.3, -0.25) is 0 Å². The number of halogens is 1. The van der Waals surface area contributed by atoms with Crippen molar-refractivity contribution in [3.05, 3.63) is 58.9 Å². The summed E-state index contributed by atoms with van der Waals surface area (Å²) in [5.74, 6) is -0.108. The third-order valence-corrected chi connectivity index (χ3v) is 3.56. The van der Waals surface area contributed by atoms with E-state index in [1.165, 1.54) is 19.2 Å². The van der Waals surface area contributed by atoms with E-state index in [-0.39, 0.29) is 29.7 Å². The first-order valence-electron chi connectivity index (χ1n) is 7.19. The predicted molar refractivity (Wildman–Crippen MR) is 88.5 cm³/mol. The number of phenolic OH excluding ortho intramolecular Hbond substituents is 1. The maximum absolute atomic E-state index is 12.0. The largest absolute Gasteiger partial charge is 0.507 e. The molecule has 8 heteroatoms. The van der Waals surface area contributed by atoms with Crippen molar-refractivity contribution in [3.8, 4) is 23.0 Å². The lowest BCUT2D eigenvalue weighted by Gasteiger charge is -2.06. The molecule has 25 heavy (non-hydrogen) atoms. The van der Waals surface area contributed by atoms with Gasteiger partial charge in [0.1, 0.15) is 17.1 Å². The van der Waals surface area contributed by atoms with E-state index >= 15 is 0 Å². The second-order valence-corrected chi connectivity index (χ2v) is 5.40. The van der Waals surface area contributed by atoms with Crippen molar-refractivity contribution in [2.24, 2.45) is 0 Å². The Labute approximate surface area is 147 Å². The monoisotopic (exact) mass is 360 g/mol. The molecule has 0 saturated heterocycles. The number of carbonyl (C=O) groups excluding carboxylic acids is 1. The van der Waals surface area contributed by atoms with Gasteiger partial charge in [0.25, 0.3) is 5.89 Å². The summed E-state index contributed by atoms with van der Waals surface area (Å²) >= 11 is 5.83. The molecule has 0 unspecified atom stereocenters. The number of hydrogen-bond donors (Lipinski definition) is 1. The second kappa shape index (κ2) is 7.23. The average molecular weight is 361 g/mol. The summed E-state index contributed by atoms with van der Waals surface area (Å²) in [5, 5.41) is 18.1. The maximum atomic E-state index is 12.0. The zero-order chi connectivity index (χ0) is 17.8. The Morgan fingerprint density at radius 1 is 1.20 bits per heavy atom. The van der Waals surface area contributed by atoms with Crippen molar-refractivity contribution in [2.45, 2.75) is 6.61 Å². The van der Waals surface area contributed by atoms with Crippen molar-refractivity contribution >= 4 is 17.6 Å². The zero-order valence-electron chi connectivity index (χ0n) is 13.1. The summed E-state index contributed by atoms with van der Waals surface area (Å²) in [6.07, 6.45) is 0. The van der Waals surface area contributed by atoms with Gasteiger partial charge in [0, 0.05) is 16.7 Å². The summed E-state index contributed by atoms with van der Waals surface area (Å²) in [5.41, 5.74) is 0.709. The van der Waals surface area contributed by atoms with Gasteiger partial charge in [-0.1, -0.05) is 11.6 Å². The van der Waals surface area contributed by atoms with Crippen LogP contribution in [-0.2, 0) is 11.3 Å².